The largest absolute Gasteiger partial charge is 0.472 e. The lowest BCUT2D eigenvalue weighted by Gasteiger charge is -2.27. The van der Waals surface area contributed by atoms with E-state index >= 15 is 0 Å². The van der Waals surface area contributed by atoms with Crippen LogP contribution in [0.25, 0.3) is 0 Å². The van der Waals surface area contributed by atoms with E-state index in [2.05, 4.69) is 111 Å². The van der Waals surface area contributed by atoms with Gasteiger partial charge in [-0.05, 0) is 109 Å². The fourth-order valence-corrected chi connectivity index (χ4v) is 10.4. The highest BCUT2D eigenvalue weighted by Gasteiger charge is 2.30. The third-order valence-corrected chi connectivity index (χ3v) is 16.0. The van der Waals surface area contributed by atoms with Gasteiger partial charge in [-0.3, -0.25) is 18.6 Å². The van der Waals surface area contributed by atoms with E-state index in [0.717, 1.165) is 103 Å². The first-order valence-corrected chi connectivity index (χ1v) is 36.1. The SMILES string of the molecule is CC/C=C\C/C=C\C/C=C\C/C=C\C/C=C\C/C=C\CCCCCCC(=O)OC(/C=C/CCCCCCCCCCCCC)C(COP(=O)(O)OCC[N+](C)(C)C)NC(=O)CCCCCCCCCCCCC/C=C/CCCCCCCC. The summed E-state index contributed by atoms with van der Waals surface area (Å²) in [5.74, 6) is -0.531. The molecule has 3 unspecified atom stereocenters. The smallest absolute Gasteiger partial charge is 0.456 e. The van der Waals surface area contributed by atoms with Crippen molar-refractivity contribution in [3.05, 3.63) is 97.2 Å². The maximum absolute atomic E-state index is 13.6. The average Bonchev–Trinajstić information content (AvgIpc) is 3.47. The van der Waals surface area contributed by atoms with Crippen LogP contribution in [-0.4, -0.2) is 74.3 Å². The van der Waals surface area contributed by atoms with E-state index in [4.69, 9.17) is 13.8 Å². The number of phosphoric acid groups is 1. The van der Waals surface area contributed by atoms with Gasteiger partial charge in [0.15, 0.2) is 0 Å². The van der Waals surface area contributed by atoms with Crippen molar-refractivity contribution in [2.24, 2.45) is 0 Å². The number of phosphoric ester groups is 1. The predicted molar refractivity (Wildman–Crippen MR) is 360 cm³/mol. The molecule has 0 spiro atoms. The van der Waals surface area contributed by atoms with E-state index in [1.807, 2.05) is 33.3 Å². The van der Waals surface area contributed by atoms with Crippen LogP contribution in [0.2, 0.25) is 0 Å². The molecule has 0 bridgehead atoms. The van der Waals surface area contributed by atoms with Crippen LogP contribution in [0.3, 0.4) is 0 Å². The van der Waals surface area contributed by atoms with Gasteiger partial charge in [-0.1, -0.05) is 279 Å². The van der Waals surface area contributed by atoms with Crippen molar-refractivity contribution in [1.82, 2.24) is 5.32 Å². The van der Waals surface area contributed by atoms with Crippen molar-refractivity contribution in [3.8, 4) is 0 Å². The number of amides is 1. The van der Waals surface area contributed by atoms with Crippen molar-refractivity contribution in [3.63, 3.8) is 0 Å². The molecule has 0 aliphatic heterocycles. The van der Waals surface area contributed by atoms with Crippen molar-refractivity contribution in [1.29, 1.82) is 0 Å². The fraction of sp³-hybridized carbons (Fsp3) is 0.753. The minimum atomic E-state index is -4.47. The number of quaternary nitrogens is 1. The molecule has 0 aliphatic rings. The number of rotatable bonds is 62. The second kappa shape index (κ2) is 62.0. The van der Waals surface area contributed by atoms with Crippen molar-refractivity contribution in [2.75, 3.05) is 40.9 Å². The summed E-state index contributed by atoms with van der Waals surface area (Å²) in [4.78, 5) is 37.9. The maximum Gasteiger partial charge on any atom is 0.472 e. The van der Waals surface area contributed by atoms with Crippen LogP contribution < -0.4 is 5.32 Å². The molecule has 9 nitrogen and oxygen atoms in total. The van der Waals surface area contributed by atoms with Crippen molar-refractivity contribution in [2.45, 2.75) is 315 Å². The van der Waals surface area contributed by atoms with Crippen LogP contribution in [0, 0.1) is 0 Å². The fourth-order valence-electron chi connectivity index (χ4n) is 9.70. The summed E-state index contributed by atoms with van der Waals surface area (Å²) in [6.07, 6.45) is 84.1. The molecule has 0 aromatic heterocycles. The summed E-state index contributed by atoms with van der Waals surface area (Å²) < 4.78 is 30.8. The third-order valence-electron chi connectivity index (χ3n) is 15.0. The summed E-state index contributed by atoms with van der Waals surface area (Å²) in [5.41, 5.74) is 0. The molecule has 0 aromatic carbocycles. The Kier molecular flexibility index (Phi) is 59.7. The zero-order chi connectivity index (χ0) is 60.7. The third kappa shape index (κ3) is 63.3. The number of hydrogen-bond donors (Lipinski definition) is 2. The van der Waals surface area contributed by atoms with Gasteiger partial charge in [0.1, 0.15) is 19.3 Å². The number of allylic oxidation sites excluding steroid dienone is 15. The summed E-state index contributed by atoms with van der Waals surface area (Å²) >= 11 is 0. The van der Waals surface area contributed by atoms with E-state index in [1.54, 1.807) is 0 Å². The zero-order valence-electron chi connectivity index (χ0n) is 54.9. The normalized spacial score (nSPS) is 14.2. The summed E-state index contributed by atoms with van der Waals surface area (Å²) in [5, 5.41) is 3.06. The number of hydrogen-bond acceptors (Lipinski definition) is 6. The highest BCUT2D eigenvalue weighted by Crippen LogP contribution is 2.43. The molecule has 1 amide bonds. The Labute approximate surface area is 513 Å². The zero-order valence-corrected chi connectivity index (χ0v) is 55.8. The standard InChI is InChI=1S/C73H131N2O7P/c1-7-10-13-16-19-22-25-28-30-32-34-36-37-39-41-43-45-48-51-54-57-60-63-66-73(77)82-71(64-61-58-55-52-49-46-27-24-21-18-15-12-9-3)70(69-81-83(78,79)80-68-67-75(4,5)6)74-72(76)65-62-59-56-53-50-47-44-42-40-38-35-33-31-29-26-23-20-17-14-11-8-2/h10,13,19,22,28-31,34,36,39,41,45,48,61,64,70-71H,7-9,11-12,14-18,20-21,23-27,32-33,35,37-38,40,42-44,46-47,49-60,62-63,65-69H2,1-6H3,(H-,74,76,78,79)/p+1/b13-10-,22-19-,30-28-,31-29+,36-34-,41-39-,48-45-,64-61+. The Balaban J connectivity index is 5.22. The van der Waals surface area contributed by atoms with Crippen LogP contribution in [0.5, 0.6) is 0 Å². The van der Waals surface area contributed by atoms with E-state index in [9.17, 15) is 19.0 Å². The number of nitrogens with zero attached hydrogens (tertiary/aromatic N) is 1. The van der Waals surface area contributed by atoms with Gasteiger partial charge >= 0.3 is 13.8 Å². The molecule has 0 saturated heterocycles. The molecule has 480 valence electrons. The molecule has 0 fully saturated rings. The highest BCUT2D eigenvalue weighted by molar-refractivity contribution is 7.47. The first-order chi connectivity index (χ1) is 40.4. The quantitative estimate of drug-likeness (QED) is 0.0205. The van der Waals surface area contributed by atoms with Gasteiger partial charge in [0, 0.05) is 12.8 Å². The number of carbonyl (C=O) groups is 2. The van der Waals surface area contributed by atoms with E-state index in [-0.39, 0.29) is 31.5 Å². The van der Waals surface area contributed by atoms with Gasteiger partial charge < -0.3 is 19.4 Å². The topological polar surface area (TPSA) is 111 Å². The predicted octanol–water partition coefficient (Wildman–Crippen LogP) is 21.9. The molecule has 10 heteroatoms. The Morgan fingerprint density at radius 2 is 0.771 bits per heavy atom. The van der Waals surface area contributed by atoms with Crippen LogP contribution in [0.4, 0.5) is 0 Å². The number of unbranched alkanes of at least 4 members (excludes halogenated alkanes) is 32. The molecule has 3 atom stereocenters. The van der Waals surface area contributed by atoms with Crippen molar-refractivity contribution < 1.29 is 37.3 Å². The minimum absolute atomic E-state index is 0.0322. The van der Waals surface area contributed by atoms with Crippen molar-refractivity contribution >= 4 is 19.7 Å². The van der Waals surface area contributed by atoms with Crippen LogP contribution in [0.15, 0.2) is 97.2 Å². The van der Waals surface area contributed by atoms with Crippen LogP contribution in [-0.2, 0) is 27.9 Å². The molecule has 0 rings (SSSR count). The van der Waals surface area contributed by atoms with E-state index < -0.39 is 20.0 Å². The summed E-state index contributed by atoms with van der Waals surface area (Å²) in [7, 11) is 1.48. The number of nitrogens with one attached hydrogen (secondary N) is 1. The maximum atomic E-state index is 13.6. The molecular weight excluding hydrogens is 1050 g/mol. The Morgan fingerprint density at radius 1 is 0.434 bits per heavy atom. The first-order valence-electron chi connectivity index (χ1n) is 34.6. The van der Waals surface area contributed by atoms with Gasteiger partial charge in [-0.2, -0.15) is 0 Å². The van der Waals surface area contributed by atoms with Crippen LogP contribution in [0.1, 0.15) is 303 Å². The van der Waals surface area contributed by atoms with Gasteiger partial charge in [0.25, 0.3) is 0 Å². The minimum Gasteiger partial charge on any atom is -0.456 e. The molecule has 83 heavy (non-hydrogen) atoms. The highest BCUT2D eigenvalue weighted by atomic mass is 31.2. The Bertz CT molecular complexity index is 1740. The molecule has 0 aliphatic carbocycles. The monoisotopic (exact) mass is 1180 g/mol. The van der Waals surface area contributed by atoms with Gasteiger partial charge in [-0.15, -0.1) is 0 Å². The molecule has 0 radical (unpaired) electrons. The lowest BCUT2D eigenvalue weighted by molar-refractivity contribution is -0.870. The number of ether oxygens (including phenoxy) is 1. The average molecular weight is 1180 g/mol. The Morgan fingerprint density at radius 3 is 1.17 bits per heavy atom. The lowest BCUT2D eigenvalue weighted by atomic mass is 10.0. The van der Waals surface area contributed by atoms with E-state index in [1.165, 1.54) is 161 Å². The second-order valence-electron chi connectivity index (χ2n) is 24.3. The summed E-state index contributed by atoms with van der Waals surface area (Å²) in [6, 6.07) is -0.865. The van der Waals surface area contributed by atoms with Gasteiger partial charge in [0.2, 0.25) is 5.91 Å². The number of esters is 1. The number of likely N-dealkylation sites (N-methyl/N-ethyl adjacent to an activating group) is 1. The molecule has 0 aromatic rings. The van der Waals surface area contributed by atoms with E-state index in [0.29, 0.717) is 23.9 Å². The first kappa shape index (κ1) is 79.9. The number of carbonyl (C=O) groups excluding carboxylic acids is 2. The van der Waals surface area contributed by atoms with Gasteiger partial charge in [0.05, 0.1) is 33.8 Å². The molecule has 0 saturated carbocycles. The van der Waals surface area contributed by atoms with Crippen LogP contribution >= 0.6 is 7.82 Å². The second-order valence-corrected chi connectivity index (χ2v) is 25.8. The summed E-state index contributed by atoms with van der Waals surface area (Å²) in [6.45, 7) is 6.90. The van der Waals surface area contributed by atoms with Gasteiger partial charge in [-0.25, -0.2) is 4.57 Å². The molecule has 0 heterocycles. The molecular formula is C73H132N2O7P+. The molecule has 2 N–H and O–H groups in total. The lowest BCUT2D eigenvalue weighted by Crippen LogP contribution is -2.47. The Hall–Kier alpha value is -3.07.